The number of fused-ring (bicyclic) bond motifs is 1. The van der Waals surface area contributed by atoms with Crippen molar-refractivity contribution in [3.05, 3.63) is 39.4 Å². The minimum atomic E-state index is -0.432. The summed E-state index contributed by atoms with van der Waals surface area (Å²) in [6.45, 7) is 0.254. The SMILES string of the molecule is NC(=O)CCn1c(CC2CC2)nc2cccc(Cl)c2c1=O. The van der Waals surface area contributed by atoms with Crippen molar-refractivity contribution >= 4 is 28.4 Å². The summed E-state index contributed by atoms with van der Waals surface area (Å²) < 4.78 is 1.55. The van der Waals surface area contributed by atoms with Crippen LogP contribution in [0.5, 0.6) is 0 Å². The number of nitrogens with zero attached hydrogens (tertiary/aromatic N) is 2. The summed E-state index contributed by atoms with van der Waals surface area (Å²) >= 11 is 6.12. The molecule has 0 radical (unpaired) electrons. The van der Waals surface area contributed by atoms with Crippen molar-refractivity contribution in [3.8, 4) is 0 Å². The third kappa shape index (κ3) is 2.93. The van der Waals surface area contributed by atoms with Gasteiger partial charge in [0.25, 0.3) is 5.56 Å². The summed E-state index contributed by atoms with van der Waals surface area (Å²) in [6, 6.07) is 5.25. The zero-order chi connectivity index (χ0) is 15.0. The van der Waals surface area contributed by atoms with E-state index in [1.165, 1.54) is 12.8 Å². The number of hydrogen-bond acceptors (Lipinski definition) is 3. The number of hydrogen-bond donors (Lipinski definition) is 1. The normalized spacial score (nSPS) is 14.5. The highest BCUT2D eigenvalue weighted by atomic mass is 35.5. The predicted molar refractivity (Wildman–Crippen MR) is 81.3 cm³/mol. The topological polar surface area (TPSA) is 78.0 Å². The van der Waals surface area contributed by atoms with Gasteiger partial charge < -0.3 is 5.73 Å². The van der Waals surface area contributed by atoms with E-state index < -0.39 is 5.91 Å². The minimum absolute atomic E-state index is 0.120. The van der Waals surface area contributed by atoms with Gasteiger partial charge in [-0.25, -0.2) is 4.98 Å². The lowest BCUT2D eigenvalue weighted by atomic mass is 10.2. The summed E-state index contributed by atoms with van der Waals surface area (Å²) in [6.07, 6.45) is 3.21. The fourth-order valence-electron chi connectivity index (χ4n) is 2.46. The average Bonchev–Trinajstić information content (AvgIpc) is 3.21. The smallest absolute Gasteiger partial charge is 0.262 e. The first-order valence-corrected chi connectivity index (χ1v) is 7.40. The third-order valence-electron chi connectivity index (χ3n) is 3.76. The Hall–Kier alpha value is -1.88. The van der Waals surface area contributed by atoms with Crippen LogP contribution >= 0.6 is 11.6 Å². The summed E-state index contributed by atoms with van der Waals surface area (Å²) in [5, 5.41) is 0.791. The lowest BCUT2D eigenvalue weighted by Crippen LogP contribution is -2.28. The van der Waals surface area contributed by atoms with E-state index in [9.17, 15) is 9.59 Å². The van der Waals surface area contributed by atoms with E-state index in [1.807, 2.05) is 0 Å². The van der Waals surface area contributed by atoms with Gasteiger partial charge in [0.05, 0.1) is 15.9 Å². The van der Waals surface area contributed by atoms with Gasteiger partial charge >= 0.3 is 0 Å². The molecule has 6 heteroatoms. The number of halogens is 1. The second kappa shape index (κ2) is 5.48. The van der Waals surface area contributed by atoms with Crippen LogP contribution in [-0.2, 0) is 17.8 Å². The largest absolute Gasteiger partial charge is 0.370 e. The second-order valence-electron chi connectivity index (χ2n) is 5.48. The molecule has 5 nitrogen and oxygen atoms in total. The molecule has 1 aromatic carbocycles. The maximum Gasteiger partial charge on any atom is 0.262 e. The monoisotopic (exact) mass is 305 g/mol. The van der Waals surface area contributed by atoms with Gasteiger partial charge in [-0.1, -0.05) is 17.7 Å². The Morgan fingerprint density at radius 1 is 1.43 bits per heavy atom. The molecule has 1 saturated carbocycles. The molecular weight excluding hydrogens is 290 g/mol. The summed E-state index contributed by atoms with van der Waals surface area (Å²) in [7, 11) is 0. The van der Waals surface area contributed by atoms with Crippen molar-refractivity contribution in [2.45, 2.75) is 32.2 Å². The van der Waals surface area contributed by atoms with E-state index in [2.05, 4.69) is 4.98 Å². The quantitative estimate of drug-likeness (QED) is 0.916. The first kappa shape index (κ1) is 14.1. The Balaban J connectivity index is 2.14. The number of aromatic nitrogens is 2. The van der Waals surface area contributed by atoms with Crippen molar-refractivity contribution in [3.63, 3.8) is 0 Å². The van der Waals surface area contributed by atoms with E-state index in [0.717, 1.165) is 12.2 Å². The van der Waals surface area contributed by atoms with Crippen LogP contribution < -0.4 is 11.3 Å². The van der Waals surface area contributed by atoms with Gasteiger partial charge in [0.15, 0.2) is 0 Å². The van der Waals surface area contributed by atoms with Crippen LogP contribution in [0.25, 0.3) is 10.9 Å². The maximum atomic E-state index is 12.7. The highest BCUT2D eigenvalue weighted by Gasteiger charge is 2.25. The molecular formula is C15H16ClN3O2. The fourth-order valence-corrected chi connectivity index (χ4v) is 2.71. The molecule has 1 aliphatic carbocycles. The Morgan fingerprint density at radius 3 is 2.86 bits per heavy atom. The lowest BCUT2D eigenvalue weighted by molar-refractivity contribution is -0.118. The van der Waals surface area contributed by atoms with Gasteiger partial charge in [0.2, 0.25) is 5.91 Å². The average molecular weight is 306 g/mol. The molecule has 1 fully saturated rings. The van der Waals surface area contributed by atoms with Gasteiger partial charge in [0, 0.05) is 19.4 Å². The van der Waals surface area contributed by atoms with E-state index in [4.69, 9.17) is 17.3 Å². The number of rotatable bonds is 5. The molecule has 0 unspecified atom stereocenters. The van der Waals surface area contributed by atoms with Crippen molar-refractivity contribution in [2.24, 2.45) is 11.7 Å². The van der Waals surface area contributed by atoms with Crippen molar-refractivity contribution in [1.82, 2.24) is 9.55 Å². The van der Waals surface area contributed by atoms with E-state index in [-0.39, 0.29) is 18.5 Å². The molecule has 1 amide bonds. The van der Waals surface area contributed by atoms with E-state index in [1.54, 1.807) is 22.8 Å². The molecule has 0 atom stereocenters. The van der Waals surface area contributed by atoms with E-state index in [0.29, 0.717) is 21.8 Å². The Kier molecular flexibility index (Phi) is 3.68. The van der Waals surface area contributed by atoms with Crippen LogP contribution in [0, 0.1) is 5.92 Å². The van der Waals surface area contributed by atoms with Gasteiger partial charge in [-0.15, -0.1) is 0 Å². The summed E-state index contributed by atoms with van der Waals surface area (Å²) in [5.74, 6) is 0.880. The minimum Gasteiger partial charge on any atom is -0.370 e. The molecule has 0 aliphatic heterocycles. The molecule has 0 bridgehead atoms. The molecule has 0 spiro atoms. The van der Waals surface area contributed by atoms with Crippen molar-refractivity contribution in [2.75, 3.05) is 0 Å². The van der Waals surface area contributed by atoms with Crippen LogP contribution in [-0.4, -0.2) is 15.5 Å². The predicted octanol–water partition coefficient (Wildman–Crippen LogP) is 1.88. The highest BCUT2D eigenvalue weighted by molar-refractivity contribution is 6.35. The molecule has 2 aromatic rings. The van der Waals surface area contributed by atoms with E-state index >= 15 is 0 Å². The summed E-state index contributed by atoms with van der Waals surface area (Å²) in [4.78, 5) is 28.3. The zero-order valence-electron chi connectivity index (χ0n) is 11.5. The van der Waals surface area contributed by atoms with Gasteiger partial charge in [0.1, 0.15) is 5.82 Å². The van der Waals surface area contributed by atoms with Gasteiger partial charge in [-0.3, -0.25) is 14.2 Å². The fraction of sp³-hybridized carbons (Fsp3) is 0.400. The Bertz CT molecular complexity index is 765. The first-order valence-electron chi connectivity index (χ1n) is 7.02. The van der Waals surface area contributed by atoms with Crippen LogP contribution in [0.3, 0.4) is 0 Å². The Labute approximate surface area is 126 Å². The molecule has 2 N–H and O–H groups in total. The number of benzene rings is 1. The number of carbonyl (C=O) groups excluding carboxylic acids is 1. The number of carbonyl (C=O) groups is 1. The van der Waals surface area contributed by atoms with Crippen LogP contribution in [0.1, 0.15) is 25.1 Å². The Morgan fingerprint density at radius 2 is 2.19 bits per heavy atom. The van der Waals surface area contributed by atoms with Crippen LogP contribution in [0.15, 0.2) is 23.0 Å². The number of primary amides is 1. The first-order chi connectivity index (χ1) is 10.1. The van der Waals surface area contributed by atoms with Crippen LogP contribution in [0.2, 0.25) is 5.02 Å². The van der Waals surface area contributed by atoms with Crippen LogP contribution in [0.4, 0.5) is 0 Å². The van der Waals surface area contributed by atoms with Crippen molar-refractivity contribution < 1.29 is 4.79 Å². The van der Waals surface area contributed by atoms with Gasteiger partial charge in [-0.05, 0) is 30.9 Å². The lowest BCUT2D eigenvalue weighted by Gasteiger charge is -2.13. The zero-order valence-corrected chi connectivity index (χ0v) is 12.3. The molecule has 21 heavy (non-hydrogen) atoms. The third-order valence-corrected chi connectivity index (χ3v) is 4.08. The number of nitrogens with two attached hydrogens (primary N) is 1. The molecule has 110 valence electrons. The highest BCUT2D eigenvalue weighted by Crippen LogP contribution is 2.32. The number of amides is 1. The molecule has 3 rings (SSSR count). The van der Waals surface area contributed by atoms with Gasteiger partial charge in [-0.2, -0.15) is 0 Å². The summed E-state index contributed by atoms with van der Waals surface area (Å²) in [5.41, 5.74) is 5.61. The molecule has 1 aromatic heterocycles. The second-order valence-corrected chi connectivity index (χ2v) is 5.89. The molecule has 1 heterocycles. The van der Waals surface area contributed by atoms with Crippen molar-refractivity contribution in [1.29, 1.82) is 0 Å². The maximum absolute atomic E-state index is 12.7. The standard InChI is InChI=1S/C15H16ClN3O2/c16-10-2-1-3-11-14(10)15(21)19(7-6-12(17)20)13(18-11)8-9-4-5-9/h1-3,9H,4-8H2,(H2,17,20). The molecule has 1 aliphatic rings. The molecule has 0 saturated heterocycles.